The monoisotopic (exact) mass is 256 g/mol. The molecule has 0 N–H and O–H groups in total. The maximum atomic E-state index is 12.5. The Balaban J connectivity index is 2.00. The van der Waals surface area contributed by atoms with E-state index in [1.807, 2.05) is 48.5 Å². The van der Waals surface area contributed by atoms with Gasteiger partial charge in [0, 0.05) is 16.5 Å². The van der Waals surface area contributed by atoms with E-state index in [0.717, 1.165) is 24.0 Å². The maximum absolute atomic E-state index is 12.5. The Hall–Kier alpha value is -1.60. The van der Waals surface area contributed by atoms with Crippen LogP contribution >= 0.6 is 11.6 Å². The molecule has 0 amide bonds. The van der Waals surface area contributed by atoms with E-state index in [9.17, 15) is 4.79 Å². The predicted octanol–water partition coefficient (Wildman–Crippen LogP) is 4.25. The van der Waals surface area contributed by atoms with Crippen LogP contribution in [0.1, 0.15) is 33.8 Å². The molecule has 0 aromatic heterocycles. The van der Waals surface area contributed by atoms with Gasteiger partial charge in [-0.25, -0.2) is 0 Å². The summed E-state index contributed by atoms with van der Waals surface area (Å²) in [4.78, 5) is 12.5. The first-order valence-corrected chi connectivity index (χ1v) is 6.51. The molecule has 2 aromatic rings. The van der Waals surface area contributed by atoms with E-state index in [0.29, 0.717) is 5.02 Å². The SMILES string of the molecule is O=C1c2ccccc2CC[C@H]1c1cccc(Cl)c1. The summed E-state index contributed by atoms with van der Waals surface area (Å²) < 4.78 is 0. The minimum atomic E-state index is -0.0430. The van der Waals surface area contributed by atoms with Gasteiger partial charge < -0.3 is 0 Å². The molecule has 0 fully saturated rings. The first-order valence-electron chi connectivity index (χ1n) is 6.13. The molecule has 1 aliphatic rings. The highest BCUT2D eigenvalue weighted by Crippen LogP contribution is 2.33. The third kappa shape index (κ3) is 1.95. The number of hydrogen-bond donors (Lipinski definition) is 0. The van der Waals surface area contributed by atoms with Crippen molar-refractivity contribution in [2.24, 2.45) is 0 Å². The molecule has 0 aliphatic heterocycles. The average Bonchev–Trinajstić information content (AvgIpc) is 2.39. The topological polar surface area (TPSA) is 17.1 Å². The van der Waals surface area contributed by atoms with Gasteiger partial charge in [0.2, 0.25) is 0 Å². The Morgan fingerprint density at radius 3 is 2.72 bits per heavy atom. The average molecular weight is 257 g/mol. The van der Waals surface area contributed by atoms with Crippen molar-refractivity contribution in [1.29, 1.82) is 0 Å². The highest BCUT2D eigenvalue weighted by molar-refractivity contribution is 6.30. The van der Waals surface area contributed by atoms with Crippen LogP contribution in [0.4, 0.5) is 0 Å². The van der Waals surface area contributed by atoms with E-state index in [1.165, 1.54) is 5.56 Å². The third-order valence-electron chi connectivity index (χ3n) is 3.55. The van der Waals surface area contributed by atoms with Crippen molar-refractivity contribution in [2.45, 2.75) is 18.8 Å². The van der Waals surface area contributed by atoms with Crippen molar-refractivity contribution in [3.05, 3.63) is 70.2 Å². The predicted molar refractivity (Wildman–Crippen MR) is 73.3 cm³/mol. The van der Waals surface area contributed by atoms with Crippen molar-refractivity contribution in [2.75, 3.05) is 0 Å². The van der Waals surface area contributed by atoms with Crippen LogP contribution in [0.25, 0.3) is 0 Å². The number of halogens is 1. The molecule has 0 saturated heterocycles. The zero-order chi connectivity index (χ0) is 12.5. The number of benzene rings is 2. The largest absolute Gasteiger partial charge is 0.293 e. The zero-order valence-electron chi connectivity index (χ0n) is 9.90. The molecule has 0 spiro atoms. The number of rotatable bonds is 1. The Bertz CT molecular complexity index is 604. The van der Waals surface area contributed by atoms with E-state index < -0.39 is 0 Å². The van der Waals surface area contributed by atoms with Gasteiger partial charge in [-0.3, -0.25) is 4.79 Å². The fourth-order valence-electron chi connectivity index (χ4n) is 2.64. The lowest BCUT2D eigenvalue weighted by Crippen LogP contribution is -2.20. The summed E-state index contributed by atoms with van der Waals surface area (Å²) in [5.74, 6) is 0.178. The lowest BCUT2D eigenvalue weighted by molar-refractivity contribution is 0.0946. The number of hydrogen-bond acceptors (Lipinski definition) is 1. The van der Waals surface area contributed by atoms with E-state index in [1.54, 1.807) is 0 Å². The van der Waals surface area contributed by atoms with E-state index in [-0.39, 0.29) is 11.7 Å². The number of fused-ring (bicyclic) bond motifs is 1. The van der Waals surface area contributed by atoms with E-state index >= 15 is 0 Å². The molecule has 0 saturated carbocycles. The highest BCUT2D eigenvalue weighted by Gasteiger charge is 2.28. The molecule has 18 heavy (non-hydrogen) atoms. The number of ketones is 1. The lowest BCUT2D eigenvalue weighted by Gasteiger charge is -2.23. The molecular weight excluding hydrogens is 244 g/mol. The number of aryl methyl sites for hydroxylation is 1. The molecule has 1 aliphatic carbocycles. The zero-order valence-corrected chi connectivity index (χ0v) is 10.7. The molecule has 2 aromatic carbocycles. The van der Waals surface area contributed by atoms with Gasteiger partial charge in [0.25, 0.3) is 0 Å². The van der Waals surface area contributed by atoms with Gasteiger partial charge in [0.15, 0.2) is 5.78 Å². The van der Waals surface area contributed by atoms with Crippen LogP contribution in [0.2, 0.25) is 5.02 Å². The van der Waals surface area contributed by atoms with Crippen molar-refractivity contribution in [3.8, 4) is 0 Å². The summed E-state index contributed by atoms with van der Waals surface area (Å²) in [6, 6.07) is 15.5. The summed E-state index contributed by atoms with van der Waals surface area (Å²) in [6.45, 7) is 0. The molecule has 0 unspecified atom stereocenters. The van der Waals surface area contributed by atoms with Gasteiger partial charge in [-0.2, -0.15) is 0 Å². The Labute approximate surface area is 111 Å². The van der Waals surface area contributed by atoms with Crippen molar-refractivity contribution in [1.82, 2.24) is 0 Å². The van der Waals surface area contributed by atoms with Gasteiger partial charge in [0.05, 0.1) is 0 Å². The minimum absolute atomic E-state index is 0.0430. The minimum Gasteiger partial charge on any atom is -0.293 e. The fourth-order valence-corrected chi connectivity index (χ4v) is 2.84. The van der Waals surface area contributed by atoms with Gasteiger partial charge in [0.1, 0.15) is 0 Å². The quantitative estimate of drug-likeness (QED) is 0.745. The smallest absolute Gasteiger partial charge is 0.170 e. The molecule has 0 bridgehead atoms. The summed E-state index contributed by atoms with van der Waals surface area (Å²) >= 11 is 6.00. The number of carbonyl (C=O) groups excluding carboxylic acids is 1. The van der Waals surface area contributed by atoms with Crippen LogP contribution in [-0.4, -0.2) is 5.78 Å². The highest BCUT2D eigenvalue weighted by atomic mass is 35.5. The van der Waals surface area contributed by atoms with Crippen LogP contribution in [0.15, 0.2) is 48.5 Å². The fraction of sp³-hybridized carbons (Fsp3) is 0.188. The van der Waals surface area contributed by atoms with E-state index in [4.69, 9.17) is 11.6 Å². The van der Waals surface area contributed by atoms with Crippen molar-refractivity contribution < 1.29 is 4.79 Å². The Morgan fingerprint density at radius 2 is 1.89 bits per heavy atom. The molecular formula is C16H13ClO. The first-order chi connectivity index (χ1) is 8.75. The Kier molecular flexibility index (Phi) is 2.92. The van der Waals surface area contributed by atoms with Gasteiger partial charge in [-0.05, 0) is 36.1 Å². The first kappa shape index (κ1) is 11.5. The molecule has 0 radical (unpaired) electrons. The van der Waals surface area contributed by atoms with Crippen LogP contribution in [0.3, 0.4) is 0 Å². The summed E-state index contributed by atoms with van der Waals surface area (Å²) in [5.41, 5.74) is 3.07. The van der Waals surface area contributed by atoms with Crippen molar-refractivity contribution >= 4 is 17.4 Å². The molecule has 90 valence electrons. The van der Waals surface area contributed by atoms with Crippen LogP contribution < -0.4 is 0 Å². The van der Waals surface area contributed by atoms with Crippen molar-refractivity contribution in [3.63, 3.8) is 0 Å². The summed E-state index contributed by atoms with van der Waals surface area (Å²) in [7, 11) is 0. The van der Waals surface area contributed by atoms with Gasteiger partial charge in [-0.15, -0.1) is 0 Å². The number of Topliss-reactive ketones (excluding diaryl/α,β-unsaturated/α-hetero) is 1. The second-order valence-electron chi connectivity index (χ2n) is 4.67. The lowest BCUT2D eigenvalue weighted by atomic mass is 9.79. The van der Waals surface area contributed by atoms with Gasteiger partial charge in [-0.1, -0.05) is 48.0 Å². The standard InChI is InChI=1S/C16H13ClO/c17-13-6-3-5-12(10-13)15-9-8-11-4-1-2-7-14(11)16(15)18/h1-7,10,15H,8-9H2/t15-/m0/s1. The second kappa shape index (κ2) is 4.58. The molecule has 2 heteroatoms. The van der Waals surface area contributed by atoms with Gasteiger partial charge >= 0.3 is 0 Å². The van der Waals surface area contributed by atoms with Crippen LogP contribution in [0, 0.1) is 0 Å². The second-order valence-corrected chi connectivity index (χ2v) is 5.10. The van der Waals surface area contributed by atoms with Crippen LogP contribution in [0.5, 0.6) is 0 Å². The number of carbonyl (C=O) groups is 1. The maximum Gasteiger partial charge on any atom is 0.170 e. The van der Waals surface area contributed by atoms with Crippen LogP contribution in [-0.2, 0) is 6.42 Å². The third-order valence-corrected chi connectivity index (χ3v) is 3.79. The van der Waals surface area contributed by atoms with E-state index in [2.05, 4.69) is 0 Å². The summed E-state index contributed by atoms with van der Waals surface area (Å²) in [5, 5.41) is 0.694. The molecule has 1 nitrogen and oxygen atoms in total. The summed E-state index contributed by atoms with van der Waals surface area (Å²) in [6.07, 6.45) is 1.83. The normalized spacial score (nSPS) is 18.5. The Morgan fingerprint density at radius 1 is 1.06 bits per heavy atom. The molecule has 0 heterocycles. The molecule has 3 rings (SSSR count). The molecule has 1 atom stereocenters.